The Balaban J connectivity index is 1.83. The third kappa shape index (κ3) is 4.11. The molecule has 0 atom stereocenters. The molecule has 4 aromatic rings. The zero-order valence-corrected chi connectivity index (χ0v) is 18.3. The second kappa shape index (κ2) is 8.94. The highest BCUT2D eigenvalue weighted by atomic mass is 16.6. The molecule has 4 rings (SSSR count). The van der Waals surface area contributed by atoms with Crippen molar-refractivity contribution < 1.29 is 14.6 Å². The zero-order valence-electron chi connectivity index (χ0n) is 18.3. The molecule has 10 nitrogen and oxygen atoms in total. The van der Waals surface area contributed by atoms with E-state index in [1.165, 1.54) is 6.92 Å². The first-order valence-electron chi connectivity index (χ1n) is 10.2. The molecule has 0 aliphatic carbocycles. The van der Waals surface area contributed by atoms with Gasteiger partial charge in [0.2, 0.25) is 0 Å². The first-order chi connectivity index (χ1) is 16.3. The molecule has 34 heavy (non-hydrogen) atoms. The van der Waals surface area contributed by atoms with Gasteiger partial charge in [0.25, 0.3) is 17.3 Å². The maximum Gasteiger partial charge on any atom is 0.281 e. The second-order valence-electron chi connectivity index (χ2n) is 7.53. The van der Waals surface area contributed by atoms with Crippen molar-refractivity contribution in [2.75, 3.05) is 5.32 Å². The number of aromatic nitrogens is 2. The monoisotopic (exact) mass is 457 g/mol. The Labute approximate surface area is 193 Å². The molecule has 3 aromatic carbocycles. The lowest BCUT2D eigenvalue weighted by Gasteiger charge is -2.09. The van der Waals surface area contributed by atoms with Crippen LogP contribution in [0.15, 0.2) is 72.8 Å². The van der Waals surface area contributed by atoms with Crippen molar-refractivity contribution in [1.82, 2.24) is 9.78 Å². The van der Waals surface area contributed by atoms with Gasteiger partial charge in [-0.05, 0) is 26.0 Å². The lowest BCUT2D eigenvalue weighted by atomic mass is 10.0. The Bertz CT molecular complexity index is 1380. The number of anilines is 1. The van der Waals surface area contributed by atoms with Crippen LogP contribution in [-0.2, 0) is 0 Å². The maximum absolute atomic E-state index is 13.4. The van der Waals surface area contributed by atoms with Crippen LogP contribution in [0.1, 0.15) is 21.6 Å². The highest BCUT2D eigenvalue weighted by Gasteiger charge is 2.27. The summed E-state index contributed by atoms with van der Waals surface area (Å²) in [4.78, 5) is 34.8. The normalized spacial score (nSPS) is 10.6. The number of amides is 1. The number of carbonyl (C=O) groups excluding carboxylic acids is 1. The molecule has 1 amide bonds. The fourth-order valence-corrected chi connectivity index (χ4v) is 3.72. The summed E-state index contributed by atoms with van der Waals surface area (Å²) in [6.07, 6.45) is 0. The summed E-state index contributed by atoms with van der Waals surface area (Å²) in [6.45, 7) is 3.03. The quantitative estimate of drug-likeness (QED) is 0.311. The molecule has 0 saturated heterocycles. The fraction of sp³-hybridized carbons (Fsp3) is 0.0833. The highest BCUT2D eigenvalue weighted by molar-refractivity contribution is 6.09. The molecule has 0 aliphatic heterocycles. The minimum atomic E-state index is -0.716. The predicted molar refractivity (Wildman–Crippen MR) is 126 cm³/mol. The number of hydrogen-bond acceptors (Lipinski definition) is 6. The van der Waals surface area contributed by atoms with E-state index in [1.807, 2.05) is 60.7 Å². The molecule has 0 spiro atoms. The van der Waals surface area contributed by atoms with Crippen LogP contribution in [0.5, 0.6) is 0 Å². The van der Waals surface area contributed by atoms with E-state index in [9.17, 15) is 25.0 Å². The largest absolute Gasteiger partial charge is 0.321 e. The van der Waals surface area contributed by atoms with Crippen molar-refractivity contribution in [1.29, 1.82) is 0 Å². The predicted octanol–water partition coefficient (Wildman–Crippen LogP) is 5.22. The fourth-order valence-electron chi connectivity index (χ4n) is 3.72. The van der Waals surface area contributed by atoms with Crippen LogP contribution in [0.2, 0.25) is 0 Å². The van der Waals surface area contributed by atoms with Gasteiger partial charge in [0.1, 0.15) is 11.3 Å². The number of nitrogens with zero attached hydrogens (tertiary/aromatic N) is 4. The minimum Gasteiger partial charge on any atom is -0.321 e. The lowest BCUT2D eigenvalue weighted by molar-refractivity contribution is -0.395. The average Bonchev–Trinajstić information content (AvgIpc) is 3.18. The minimum absolute atomic E-state index is 0.0557. The first kappa shape index (κ1) is 22.3. The van der Waals surface area contributed by atoms with E-state index in [2.05, 4.69) is 10.4 Å². The summed E-state index contributed by atoms with van der Waals surface area (Å²) in [5.74, 6) is -0.592. The van der Waals surface area contributed by atoms with Gasteiger partial charge in [-0.25, -0.2) is 4.68 Å². The van der Waals surface area contributed by atoms with Gasteiger partial charge < -0.3 is 5.32 Å². The van der Waals surface area contributed by atoms with Gasteiger partial charge in [-0.3, -0.25) is 25.0 Å². The molecule has 0 saturated carbocycles. The van der Waals surface area contributed by atoms with Crippen LogP contribution in [0.4, 0.5) is 17.1 Å². The SMILES string of the molecule is Cc1c([N+](=O)[O-])cc(NC(=O)c2c(-c3ccccc3)nn(-c3ccccc3)c2C)cc1[N+](=O)[O-]. The van der Waals surface area contributed by atoms with E-state index in [0.29, 0.717) is 17.0 Å². The summed E-state index contributed by atoms with van der Waals surface area (Å²) in [5, 5.41) is 30.1. The lowest BCUT2D eigenvalue weighted by Crippen LogP contribution is -2.15. The molecule has 10 heteroatoms. The van der Waals surface area contributed by atoms with Gasteiger partial charge in [0.05, 0.1) is 32.5 Å². The Morgan fingerprint density at radius 1 is 0.882 bits per heavy atom. The van der Waals surface area contributed by atoms with Crippen molar-refractivity contribution in [2.24, 2.45) is 0 Å². The van der Waals surface area contributed by atoms with Crippen molar-refractivity contribution in [3.63, 3.8) is 0 Å². The van der Waals surface area contributed by atoms with E-state index in [-0.39, 0.29) is 16.8 Å². The first-order valence-corrected chi connectivity index (χ1v) is 10.2. The number of nitrogens with one attached hydrogen (secondary N) is 1. The van der Waals surface area contributed by atoms with Crippen LogP contribution in [0, 0.1) is 34.1 Å². The van der Waals surface area contributed by atoms with Crippen molar-refractivity contribution in [3.05, 3.63) is 110 Å². The van der Waals surface area contributed by atoms with Gasteiger partial charge in [0.15, 0.2) is 0 Å². The van der Waals surface area contributed by atoms with Crippen molar-refractivity contribution in [3.8, 4) is 16.9 Å². The van der Waals surface area contributed by atoms with Crippen LogP contribution in [0.25, 0.3) is 16.9 Å². The van der Waals surface area contributed by atoms with E-state index in [0.717, 1.165) is 17.8 Å². The summed E-state index contributed by atoms with van der Waals surface area (Å²) < 4.78 is 1.64. The van der Waals surface area contributed by atoms with Crippen LogP contribution in [-0.4, -0.2) is 25.5 Å². The molecule has 1 aromatic heterocycles. The highest BCUT2D eigenvalue weighted by Crippen LogP contribution is 2.33. The topological polar surface area (TPSA) is 133 Å². The van der Waals surface area contributed by atoms with Gasteiger partial charge in [-0.2, -0.15) is 5.10 Å². The Hall–Kier alpha value is -4.86. The van der Waals surface area contributed by atoms with Crippen LogP contribution >= 0.6 is 0 Å². The number of benzene rings is 3. The third-order valence-corrected chi connectivity index (χ3v) is 5.40. The molecular weight excluding hydrogens is 438 g/mol. The molecule has 0 bridgehead atoms. The number of para-hydroxylation sites is 1. The molecule has 1 heterocycles. The molecule has 0 fully saturated rings. The van der Waals surface area contributed by atoms with Crippen molar-refractivity contribution in [2.45, 2.75) is 13.8 Å². The second-order valence-corrected chi connectivity index (χ2v) is 7.53. The summed E-state index contributed by atoms with van der Waals surface area (Å²) >= 11 is 0. The van der Waals surface area contributed by atoms with Crippen molar-refractivity contribution >= 4 is 23.0 Å². The third-order valence-electron chi connectivity index (χ3n) is 5.40. The van der Waals surface area contributed by atoms with Gasteiger partial charge in [0, 0.05) is 17.7 Å². The van der Waals surface area contributed by atoms with Gasteiger partial charge in [-0.15, -0.1) is 0 Å². The molecule has 0 aliphatic rings. The maximum atomic E-state index is 13.4. The Kier molecular flexibility index (Phi) is 5.88. The molecule has 1 N–H and O–H groups in total. The number of nitro groups is 2. The van der Waals surface area contributed by atoms with E-state index < -0.39 is 27.1 Å². The van der Waals surface area contributed by atoms with Gasteiger partial charge >= 0.3 is 0 Å². The zero-order chi connectivity index (χ0) is 24.4. The average molecular weight is 457 g/mol. The Morgan fingerprint density at radius 2 is 1.41 bits per heavy atom. The smallest absolute Gasteiger partial charge is 0.281 e. The van der Waals surface area contributed by atoms with Crippen LogP contribution in [0.3, 0.4) is 0 Å². The molecule has 170 valence electrons. The summed E-state index contributed by atoms with van der Waals surface area (Å²) in [5.41, 5.74) is 1.60. The summed E-state index contributed by atoms with van der Waals surface area (Å²) in [6, 6.07) is 20.6. The van der Waals surface area contributed by atoms with E-state index in [4.69, 9.17) is 0 Å². The Morgan fingerprint density at radius 3 is 1.94 bits per heavy atom. The number of rotatable bonds is 6. The number of nitro benzene ring substituents is 2. The molecule has 0 radical (unpaired) electrons. The van der Waals surface area contributed by atoms with E-state index >= 15 is 0 Å². The van der Waals surface area contributed by atoms with E-state index in [1.54, 1.807) is 11.6 Å². The molecular formula is C24H19N5O5. The molecule has 0 unspecified atom stereocenters. The standard InChI is InChI=1S/C24H19N5O5/c1-15-20(28(31)32)13-18(14-21(15)29(33)34)25-24(30)22-16(2)27(19-11-7-4-8-12-19)26-23(22)17-9-5-3-6-10-17/h3-14H,1-2H3,(H,25,30). The van der Waals surface area contributed by atoms with Crippen LogP contribution < -0.4 is 5.32 Å². The number of carbonyl (C=O) groups is 1. The van der Waals surface area contributed by atoms with Gasteiger partial charge in [-0.1, -0.05) is 48.5 Å². The summed E-state index contributed by atoms with van der Waals surface area (Å²) in [7, 11) is 0. The number of hydrogen-bond donors (Lipinski definition) is 1.